The van der Waals surface area contributed by atoms with E-state index in [2.05, 4.69) is 37.8 Å². The highest BCUT2D eigenvalue weighted by Gasteiger charge is 2.65. The van der Waals surface area contributed by atoms with E-state index in [9.17, 15) is 14.4 Å². The molecule has 0 aromatic heterocycles. The molecule has 0 radical (unpaired) electrons. The Bertz CT molecular complexity index is 1280. The first-order valence-corrected chi connectivity index (χ1v) is 13.5. The number of nitrogen functional groups attached to an aromatic ring is 1. The highest BCUT2D eigenvalue weighted by atomic mass is 16.5. The minimum Gasteiger partial charge on any atom is -0.458 e. The van der Waals surface area contributed by atoms with Crippen molar-refractivity contribution in [1.29, 1.82) is 0 Å². The highest BCUT2D eigenvalue weighted by molar-refractivity contribution is 5.93. The Hall–Kier alpha value is -3.13. The summed E-state index contributed by atoms with van der Waals surface area (Å²) in [7, 11) is 0. The van der Waals surface area contributed by atoms with Gasteiger partial charge in [0.1, 0.15) is 0 Å². The first kappa shape index (κ1) is 25.5. The van der Waals surface area contributed by atoms with Gasteiger partial charge in [-0.3, -0.25) is 14.4 Å². The zero-order chi connectivity index (χ0) is 26.5. The van der Waals surface area contributed by atoms with Gasteiger partial charge in [-0.2, -0.15) is 0 Å². The number of hydrogen-bond acceptors (Lipinski definition) is 5. The van der Waals surface area contributed by atoms with Crippen LogP contribution in [0.25, 0.3) is 0 Å². The van der Waals surface area contributed by atoms with Crippen molar-refractivity contribution in [1.82, 2.24) is 0 Å². The summed E-state index contributed by atoms with van der Waals surface area (Å²) in [4.78, 5) is 37.8. The second-order valence-electron chi connectivity index (χ2n) is 11.7. The molecule has 5 nitrogen and oxygen atoms in total. The van der Waals surface area contributed by atoms with E-state index in [1.165, 1.54) is 29.2 Å². The predicted octanol–water partition coefficient (Wildman–Crippen LogP) is 5.56. The van der Waals surface area contributed by atoms with Crippen molar-refractivity contribution in [3.8, 4) is 11.8 Å². The number of carbonyl (C=O) groups is 3. The fraction of sp³-hybridized carbons (Fsp3) is 0.531. The minimum absolute atomic E-state index is 0.0816. The molecule has 5 rings (SSSR count). The van der Waals surface area contributed by atoms with Crippen LogP contribution in [0, 0.1) is 40.4 Å². The number of hydrogen-bond donors (Lipinski definition) is 1. The number of allylic oxidation sites excluding steroid dienone is 4. The van der Waals surface area contributed by atoms with Crippen LogP contribution in [-0.4, -0.2) is 24.1 Å². The molecule has 0 saturated heterocycles. The van der Waals surface area contributed by atoms with Crippen LogP contribution in [0.2, 0.25) is 0 Å². The van der Waals surface area contributed by atoms with Crippen LogP contribution in [0.5, 0.6) is 0 Å². The average Bonchev–Trinajstić information content (AvgIpc) is 3.16. The Morgan fingerprint density at radius 1 is 1.19 bits per heavy atom. The Balaban J connectivity index is 1.69. The van der Waals surface area contributed by atoms with Crippen molar-refractivity contribution >= 4 is 23.2 Å². The number of ether oxygens (including phenoxy) is 1. The third-order valence-electron chi connectivity index (χ3n) is 9.85. The number of nitrogens with two attached hydrogens (primary N) is 1. The summed E-state index contributed by atoms with van der Waals surface area (Å²) < 4.78 is 5.22. The SMILES string of the molecule is CC#C[C@]1(C(=O)COC(C)=O)CC[C@H]2[C@@H]3CC(C)C4=CC(=O)CCC4=C3[C@@H](c3ccc(N)cc3)C[C@@]21C. The molecule has 1 aromatic rings. The summed E-state index contributed by atoms with van der Waals surface area (Å²) in [5.41, 5.74) is 10.8. The summed E-state index contributed by atoms with van der Waals surface area (Å²) in [5, 5.41) is 0. The third kappa shape index (κ3) is 3.97. The molecule has 0 aliphatic heterocycles. The van der Waals surface area contributed by atoms with E-state index in [1.54, 1.807) is 6.92 Å². The average molecular weight is 500 g/mol. The van der Waals surface area contributed by atoms with Gasteiger partial charge in [-0.1, -0.05) is 37.5 Å². The van der Waals surface area contributed by atoms with Gasteiger partial charge < -0.3 is 10.5 Å². The van der Waals surface area contributed by atoms with E-state index >= 15 is 0 Å². The number of rotatable bonds is 4. The third-order valence-corrected chi connectivity index (χ3v) is 9.85. The maximum atomic E-state index is 13.8. The van der Waals surface area contributed by atoms with E-state index in [1.807, 2.05) is 18.2 Å². The van der Waals surface area contributed by atoms with E-state index < -0.39 is 11.4 Å². The molecular weight excluding hydrogens is 462 g/mol. The van der Waals surface area contributed by atoms with E-state index in [4.69, 9.17) is 10.5 Å². The van der Waals surface area contributed by atoms with Crippen LogP contribution in [0.15, 0.2) is 47.1 Å². The molecular formula is C32H37NO4. The lowest BCUT2D eigenvalue weighted by Gasteiger charge is -2.55. The zero-order valence-corrected chi connectivity index (χ0v) is 22.4. The molecule has 4 aliphatic carbocycles. The molecule has 6 atom stereocenters. The summed E-state index contributed by atoms with van der Waals surface area (Å²) in [6.07, 6.45) is 6.59. The number of anilines is 1. The van der Waals surface area contributed by atoms with E-state index in [-0.39, 0.29) is 29.5 Å². The lowest BCUT2D eigenvalue weighted by Crippen LogP contribution is -2.52. The predicted molar refractivity (Wildman–Crippen MR) is 143 cm³/mol. The molecule has 5 heteroatoms. The Morgan fingerprint density at radius 2 is 1.92 bits per heavy atom. The van der Waals surface area contributed by atoms with Crippen molar-refractivity contribution < 1.29 is 19.1 Å². The van der Waals surface area contributed by atoms with Gasteiger partial charge in [0.25, 0.3) is 0 Å². The Morgan fingerprint density at radius 3 is 2.59 bits per heavy atom. The molecule has 1 aromatic carbocycles. The molecule has 0 amide bonds. The monoisotopic (exact) mass is 499 g/mol. The normalized spacial score (nSPS) is 34.4. The molecule has 4 aliphatic rings. The van der Waals surface area contributed by atoms with E-state index in [0.29, 0.717) is 30.6 Å². The van der Waals surface area contributed by atoms with Gasteiger partial charge in [0.2, 0.25) is 0 Å². The minimum atomic E-state index is -0.855. The van der Waals surface area contributed by atoms with Crippen molar-refractivity contribution in [2.45, 2.75) is 72.1 Å². The fourth-order valence-corrected chi connectivity index (χ4v) is 8.24. The summed E-state index contributed by atoms with van der Waals surface area (Å²) in [5.74, 6) is 7.19. The van der Waals surface area contributed by atoms with Gasteiger partial charge in [0, 0.05) is 24.9 Å². The maximum absolute atomic E-state index is 13.8. The molecule has 194 valence electrons. The zero-order valence-electron chi connectivity index (χ0n) is 22.4. The molecule has 0 heterocycles. The van der Waals surface area contributed by atoms with Crippen LogP contribution in [-0.2, 0) is 19.1 Å². The first-order valence-electron chi connectivity index (χ1n) is 13.5. The van der Waals surface area contributed by atoms with Crippen LogP contribution in [0.4, 0.5) is 5.69 Å². The Labute approximate surface area is 219 Å². The number of Topliss-reactive ketones (excluding diaryl/α,β-unsaturated/α-hetero) is 1. The molecule has 1 unspecified atom stereocenters. The maximum Gasteiger partial charge on any atom is 0.303 e. The van der Waals surface area contributed by atoms with Crippen LogP contribution < -0.4 is 5.73 Å². The van der Waals surface area contributed by atoms with Gasteiger partial charge in [0.05, 0.1) is 5.41 Å². The highest BCUT2D eigenvalue weighted by Crippen LogP contribution is 2.70. The Kier molecular flexibility index (Phi) is 6.42. The standard InChI is InChI=1S/C32H37NO4/c1-5-13-32(29(36)18-37-20(3)34)14-12-28-26-15-19(2)25-16-23(35)10-11-24(25)30(26)27(17-31(28,32)4)21-6-8-22(33)9-7-21/h6-9,16,19,26-28H,10-12,14-15,17-18,33H2,1-4H3/t19?,26-,27+,28-,31-,32+/m0/s1. The van der Waals surface area contributed by atoms with Crippen molar-refractivity contribution in [2.75, 3.05) is 12.3 Å². The first-order chi connectivity index (χ1) is 17.6. The molecule has 37 heavy (non-hydrogen) atoms. The lowest BCUT2D eigenvalue weighted by atomic mass is 9.47. The van der Waals surface area contributed by atoms with Crippen molar-refractivity contribution in [3.05, 3.63) is 52.6 Å². The van der Waals surface area contributed by atoms with Gasteiger partial charge >= 0.3 is 5.97 Å². The lowest BCUT2D eigenvalue weighted by molar-refractivity contribution is -0.150. The molecule has 0 spiro atoms. The van der Waals surface area contributed by atoms with Crippen molar-refractivity contribution in [3.63, 3.8) is 0 Å². The smallest absolute Gasteiger partial charge is 0.303 e. The van der Waals surface area contributed by atoms with Gasteiger partial charge in [-0.05, 0) is 97.1 Å². The van der Waals surface area contributed by atoms with Gasteiger partial charge in [0.15, 0.2) is 18.2 Å². The van der Waals surface area contributed by atoms with Crippen molar-refractivity contribution in [2.24, 2.45) is 28.6 Å². The van der Waals surface area contributed by atoms with Gasteiger partial charge in [-0.25, -0.2) is 0 Å². The quantitative estimate of drug-likeness (QED) is 0.333. The second kappa shape index (κ2) is 9.31. The fourth-order valence-electron chi connectivity index (χ4n) is 8.24. The van der Waals surface area contributed by atoms with E-state index in [0.717, 1.165) is 31.4 Å². The molecule has 2 saturated carbocycles. The topological polar surface area (TPSA) is 86.5 Å². The number of benzene rings is 1. The molecule has 0 bridgehead atoms. The molecule has 2 N–H and O–H groups in total. The number of carbonyl (C=O) groups excluding carboxylic acids is 3. The summed E-state index contributed by atoms with van der Waals surface area (Å²) in [6.45, 7) is 7.40. The van der Waals surface area contributed by atoms with Crippen LogP contribution >= 0.6 is 0 Å². The van der Waals surface area contributed by atoms with Crippen LogP contribution in [0.3, 0.4) is 0 Å². The van der Waals surface area contributed by atoms with Gasteiger partial charge in [-0.15, -0.1) is 5.92 Å². The molecule has 2 fully saturated rings. The number of esters is 1. The summed E-state index contributed by atoms with van der Waals surface area (Å²) >= 11 is 0. The summed E-state index contributed by atoms with van der Waals surface area (Å²) in [6, 6.07) is 8.14. The van der Waals surface area contributed by atoms with Crippen LogP contribution in [0.1, 0.15) is 77.7 Å². The number of fused-ring (bicyclic) bond motifs is 4. The number of ketones is 2. The largest absolute Gasteiger partial charge is 0.458 e. The second-order valence-corrected chi connectivity index (χ2v) is 11.7.